The Morgan fingerprint density at radius 3 is 2.63 bits per heavy atom. The Morgan fingerprint density at radius 1 is 1.00 bits per heavy atom. The van der Waals surface area contributed by atoms with Crippen molar-refractivity contribution in [2.45, 2.75) is 26.2 Å². The zero-order valence-electron chi connectivity index (χ0n) is 15.6. The molecule has 1 heterocycles. The molecule has 0 aromatic heterocycles. The Morgan fingerprint density at radius 2 is 1.81 bits per heavy atom. The first-order valence-electron chi connectivity index (χ1n) is 9.11. The molecule has 0 amide bonds. The van der Waals surface area contributed by atoms with Crippen molar-refractivity contribution in [1.82, 2.24) is 0 Å². The lowest BCUT2D eigenvalue weighted by Crippen LogP contribution is -2.14. The number of anilines is 1. The van der Waals surface area contributed by atoms with Crippen molar-refractivity contribution < 1.29 is 14.2 Å². The largest absolute Gasteiger partial charge is 0.497 e. The molecule has 4 nitrogen and oxygen atoms in total. The second-order valence-corrected chi connectivity index (χ2v) is 6.61. The molecule has 3 aromatic carbocycles. The molecule has 1 aliphatic rings. The smallest absolute Gasteiger partial charge is 0.128 e. The maximum Gasteiger partial charge on any atom is 0.128 e. The standard InChI is InChI=1S/C23H23NO3/c1-16-21-12-19(25-2)10-11-22(21)24-14-18-8-9-20(13-23(18)27-16)26-15-17-6-4-3-5-7-17/h3-13,16,24H,14-15H2,1-2H3. The number of hydrogen-bond acceptors (Lipinski definition) is 4. The van der Waals surface area contributed by atoms with Gasteiger partial charge in [-0.2, -0.15) is 0 Å². The number of methoxy groups -OCH3 is 1. The third-order valence-electron chi connectivity index (χ3n) is 4.76. The van der Waals surface area contributed by atoms with Crippen LogP contribution in [-0.4, -0.2) is 7.11 Å². The minimum Gasteiger partial charge on any atom is -0.497 e. The monoisotopic (exact) mass is 361 g/mol. The molecule has 27 heavy (non-hydrogen) atoms. The van der Waals surface area contributed by atoms with Crippen LogP contribution >= 0.6 is 0 Å². The number of rotatable bonds is 4. The first-order chi connectivity index (χ1) is 13.2. The lowest BCUT2D eigenvalue weighted by molar-refractivity contribution is 0.221. The average molecular weight is 361 g/mol. The molecule has 1 N–H and O–H groups in total. The fourth-order valence-corrected chi connectivity index (χ4v) is 3.23. The van der Waals surface area contributed by atoms with Gasteiger partial charge in [0, 0.05) is 29.4 Å². The van der Waals surface area contributed by atoms with Gasteiger partial charge in [0.25, 0.3) is 0 Å². The predicted molar refractivity (Wildman–Crippen MR) is 107 cm³/mol. The van der Waals surface area contributed by atoms with Crippen LogP contribution in [0.4, 0.5) is 5.69 Å². The summed E-state index contributed by atoms with van der Waals surface area (Å²) in [6, 6.07) is 22.2. The molecular formula is C23H23NO3. The fraction of sp³-hybridized carbons (Fsp3) is 0.217. The van der Waals surface area contributed by atoms with Crippen molar-refractivity contribution in [3.8, 4) is 17.2 Å². The minimum absolute atomic E-state index is 0.106. The van der Waals surface area contributed by atoms with Gasteiger partial charge >= 0.3 is 0 Å². The molecule has 138 valence electrons. The third-order valence-corrected chi connectivity index (χ3v) is 4.76. The molecule has 0 bridgehead atoms. The van der Waals surface area contributed by atoms with E-state index in [-0.39, 0.29) is 6.10 Å². The predicted octanol–water partition coefficient (Wildman–Crippen LogP) is 5.34. The summed E-state index contributed by atoms with van der Waals surface area (Å²) in [5, 5.41) is 3.50. The van der Waals surface area contributed by atoms with Crippen molar-refractivity contribution in [1.29, 1.82) is 0 Å². The maximum atomic E-state index is 6.28. The summed E-state index contributed by atoms with van der Waals surface area (Å²) in [7, 11) is 1.68. The summed E-state index contributed by atoms with van der Waals surface area (Å²) >= 11 is 0. The van der Waals surface area contributed by atoms with Crippen LogP contribution < -0.4 is 19.5 Å². The first kappa shape index (κ1) is 17.3. The number of ether oxygens (including phenoxy) is 3. The van der Waals surface area contributed by atoms with Crippen LogP contribution in [0.25, 0.3) is 0 Å². The van der Waals surface area contributed by atoms with Gasteiger partial charge in [0.1, 0.15) is 30.0 Å². The Balaban J connectivity index is 1.55. The van der Waals surface area contributed by atoms with Gasteiger partial charge in [0.2, 0.25) is 0 Å². The molecule has 1 atom stereocenters. The van der Waals surface area contributed by atoms with Gasteiger partial charge in [-0.3, -0.25) is 0 Å². The highest BCUT2D eigenvalue weighted by Crippen LogP contribution is 2.36. The molecule has 0 radical (unpaired) electrons. The van der Waals surface area contributed by atoms with Crippen LogP contribution in [0.2, 0.25) is 0 Å². The number of fused-ring (bicyclic) bond motifs is 2. The zero-order valence-corrected chi connectivity index (χ0v) is 15.6. The van der Waals surface area contributed by atoms with Crippen molar-refractivity contribution in [3.05, 3.63) is 83.4 Å². The molecule has 1 unspecified atom stereocenters. The second kappa shape index (κ2) is 7.62. The normalized spacial score (nSPS) is 15.3. The van der Waals surface area contributed by atoms with Crippen LogP contribution in [0.5, 0.6) is 17.2 Å². The van der Waals surface area contributed by atoms with Gasteiger partial charge in [-0.15, -0.1) is 0 Å². The van der Waals surface area contributed by atoms with Gasteiger partial charge in [-0.1, -0.05) is 30.3 Å². The highest BCUT2D eigenvalue weighted by molar-refractivity contribution is 5.57. The topological polar surface area (TPSA) is 39.7 Å². The van der Waals surface area contributed by atoms with E-state index in [2.05, 4.69) is 23.5 Å². The molecule has 0 saturated heterocycles. The van der Waals surface area contributed by atoms with E-state index in [0.29, 0.717) is 13.2 Å². The third kappa shape index (κ3) is 3.85. The molecule has 0 fully saturated rings. The van der Waals surface area contributed by atoms with Gasteiger partial charge in [-0.05, 0) is 42.8 Å². The van der Waals surface area contributed by atoms with Gasteiger partial charge < -0.3 is 19.5 Å². The van der Waals surface area contributed by atoms with Crippen LogP contribution in [0.3, 0.4) is 0 Å². The van der Waals surface area contributed by atoms with E-state index in [1.807, 2.05) is 55.5 Å². The van der Waals surface area contributed by atoms with E-state index in [9.17, 15) is 0 Å². The van der Waals surface area contributed by atoms with Crippen LogP contribution in [0.1, 0.15) is 29.7 Å². The zero-order chi connectivity index (χ0) is 18.6. The van der Waals surface area contributed by atoms with E-state index in [0.717, 1.165) is 39.6 Å². The molecule has 4 rings (SSSR count). The van der Waals surface area contributed by atoms with E-state index in [1.54, 1.807) is 7.11 Å². The first-order valence-corrected chi connectivity index (χ1v) is 9.11. The van der Waals surface area contributed by atoms with Crippen molar-refractivity contribution in [2.75, 3.05) is 12.4 Å². The Kier molecular flexibility index (Phi) is 4.88. The van der Waals surface area contributed by atoms with E-state index in [4.69, 9.17) is 14.2 Å². The summed E-state index contributed by atoms with van der Waals surface area (Å²) in [5.41, 5.74) is 4.39. The Labute approximate surface area is 159 Å². The highest BCUT2D eigenvalue weighted by atomic mass is 16.5. The number of hydrogen-bond donors (Lipinski definition) is 1. The number of benzene rings is 3. The molecule has 0 saturated carbocycles. The van der Waals surface area contributed by atoms with Crippen LogP contribution in [-0.2, 0) is 13.2 Å². The summed E-state index contributed by atoms with van der Waals surface area (Å²) < 4.78 is 17.6. The minimum atomic E-state index is -0.106. The summed E-state index contributed by atoms with van der Waals surface area (Å²) in [4.78, 5) is 0. The lowest BCUT2D eigenvalue weighted by Gasteiger charge is -2.25. The number of nitrogens with one attached hydrogen (secondary N) is 1. The van der Waals surface area contributed by atoms with Crippen molar-refractivity contribution in [3.63, 3.8) is 0 Å². The summed E-state index contributed by atoms with van der Waals surface area (Å²) in [5.74, 6) is 2.47. The Hall–Kier alpha value is -3.14. The SMILES string of the molecule is COc1ccc2c(c1)C(C)Oc1cc(OCc3ccccc3)ccc1CN2. The summed E-state index contributed by atoms with van der Waals surface area (Å²) in [6.07, 6.45) is -0.106. The molecule has 4 heteroatoms. The molecule has 3 aromatic rings. The molecule has 1 aliphatic heterocycles. The fourth-order valence-electron chi connectivity index (χ4n) is 3.23. The second-order valence-electron chi connectivity index (χ2n) is 6.61. The lowest BCUT2D eigenvalue weighted by atomic mass is 10.0. The van der Waals surface area contributed by atoms with Crippen LogP contribution in [0.15, 0.2) is 66.7 Å². The van der Waals surface area contributed by atoms with Gasteiger partial charge in [-0.25, -0.2) is 0 Å². The van der Waals surface area contributed by atoms with Crippen molar-refractivity contribution in [2.24, 2.45) is 0 Å². The van der Waals surface area contributed by atoms with Gasteiger partial charge in [0.15, 0.2) is 0 Å². The maximum absolute atomic E-state index is 6.28. The molecule has 0 spiro atoms. The molecule has 0 aliphatic carbocycles. The van der Waals surface area contributed by atoms with Crippen LogP contribution in [0, 0.1) is 0 Å². The summed E-state index contributed by atoms with van der Waals surface area (Å²) in [6.45, 7) is 3.28. The quantitative estimate of drug-likeness (QED) is 0.681. The van der Waals surface area contributed by atoms with Crippen molar-refractivity contribution >= 4 is 5.69 Å². The van der Waals surface area contributed by atoms with E-state index < -0.39 is 0 Å². The van der Waals surface area contributed by atoms with E-state index >= 15 is 0 Å². The van der Waals surface area contributed by atoms with E-state index in [1.165, 1.54) is 0 Å². The van der Waals surface area contributed by atoms with Gasteiger partial charge in [0.05, 0.1) is 7.11 Å². The average Bonchev–Trinajstić information content (AvgIpc) is 2.71. The highest BCUT2D eigenvalue weighted by Gasteiger charge is 2.19. The Bertz CT molecular complexity index is 924. The molecular weight excluding hydrogens is 338 g/mol.